The van der Waals surface area contributed by atoms with Crippen LogP contribution in [0.1, 0.15) is 9.67 Å². The molecule has 1 aliphatic heterocycles. The van der Waals surface area contributed by atoms with Crippen LogP contribution in [-0.2, 0) is 10.0 Å². The number of amides is 1. The SMILES string of the molecule is CS(=O)(=O)N1CCN(C(=O)c2sccc2N)CC1. The van der Waals surface area contributed by atoms with Gasteiger partial charge in [0.2, 0.25) is 10.0 Å². The number of carbonyl (C=O) groups is 1. The molecule has 1 amide bonds. The Morgan fingerprint density at radius 3 is 2.39 bits per heavy atom. The van der Waals surface area contributed by atoms with Crippen LogP contribution in [0.4, 0.5) is 5.69 Å². The normalized spacial score (nSPS) is 17.9. The van der Waals surface area contributed by atoms with Crippen LogP contribution in [0.2, 0.25) is 0 Å². The molecule has 1 saturated heterocycles. The molecule has 18 heavy (non-hydrogen) atoms. The molecule has 2 N–H and O–H groups in total. The summed E-state index contributed by atoms with van der Waals surface area (Å²) < 4.78 is 24.1. The van der Waals surface area contributed by atoms with Gasteiger partial charge in [0.25, 0.3) is 5.91 Å². The van der Waals surface area contributed by atoms with E-state index in [1.54, 1.807) is 16.3 Å². The summed E-state index contributed by atoms with van der Waals surface area (Å²) in [6, 6.07) is 1.70. The number of nitrogen functional groups attached to an aromatic ring is 1. The van der Waals surface area contributed by atoms with Crippen LogP contribution >= 0.6 is 11.3 Å². The number of anilines is 1. The first-order valence-corrected chi connectivity index (χ1v) is 8.20. The van der Waals surface area contributed by atoms with Crippen LogP contribution in [0, 0.1) is 0 Å². The number of nitrogens with zero attached hydrogens (tertiary/aromatic N) is 2. The molecule has 8 heteroatoms. The van der Waals surface area contributed by atoms with Gasteiger partial charge in [0, 0.05) is 26.2 Å². The Kier molecular flexibility index (Phi) is 3.60. The molecular formula is C10H15N3O3S2. The van der Waals surface area contributed by atoms with Crippen LogP contribution in [0.3, 0.4) is 0 Å². The van der Waals surface area contributed by atoms with Gasteiger partial charge >= 0.3 is 0 Å². The molecule has 1 aliphatic rings. The first-order valence-electron chi connectivity index (χ1n) is 5.47. The standard InChI is InChI=1S/C10H15N3O3S2/c1-18(15,16)13-5-3-12(4-6-13)10(14)9-8(11)2-7-17-9/h2,7H,3-6,11H2,1H3. The lowest BCUT2D eigenvalue weighted by molar-refractivity contribution is 0.0704. The summed E-state index contributed by atoms with van der Waals surface area (Å²) in [5.74, 6) is -0.115. The zero-order valence-electron chi connectivity index (χ0n) is 10.00. The van der Waals surface area contributed by atoms with Crippen molar-refractivity contribution in [3.8, 4) is 0 Å². The zero-order valence-corrected chi connectivity index (χ0v) is 11.6. The van der Waals surface area contributed by atoms with Crippen LogP contribution in [-0.4, -0.2) is 56.0 Å². The van der Waals surface area contributed by atoms with Crippen molar-refractivity contribution in [2.45, 2.75) is 0 Å². The summed E-state index contributed by atoms with van der Waals surface area (Å²) in [6.07, 6.45) is 1.18. The molecule has 0 bridgehead atoms. The van der Waals surface area contributed by atoms with Crippen molar-refractivity contribution < 1.29 is 13.2 Å². The number of nitrogens with two attached hydrogens (primary N) is 1. The number of sulfonamides is 1. The van der Waals surface area contributed by atoms with Gasteiger partial charge in [-0.2, -0.15) is 4.31 Å². The minimum atomic E-state index is -3.16. The fourth-order valence-corrected chi connectivity index (χ4v) is 3.47. The largest absolute Gasteiger partial charge is 0.397 e. The summed E-state index contributed by atoms with van der Waals surface area (Å²) in [5, 5.41) is 1.77. The molecule has 0 aliphatic carbocycles. The molecule has 6 nitrogen and oxygen atoms in total. The van der Waals surface area contributed by atoms with Crippen LogP contribution < -0.4 is 5.73 Å². The molecule has 0 spiro atoms. The van der Waals surface area contributed by atoms with Crippen molar-refractivity contribution in [2.75, 3.05) is 38.2 Å². The third kappa shape index (κ3) is 2.65. The Morgan fingerprint density at radius 1 is 1.33 bits per heavy atom. The second-order valence-electron chi connectivity index (χ2n) is 4.16. The van der Waals surface area contributed by atoms with Crippen molar-refractivity contribution in [2.24, 2.45) is 0 Å². The Balaban J connectivity index is 2.03. The Labute approximate surface area is 110 Å². The molecule has 1 aromatic heterocycles. The molecule has 100 valence electrons. The van der Waals surface area contributed by atoms with E-state index in [-0.39, 0.29) is 5.91 Å². The Hall–Kier alpha value is -1.12. The molecule has 0 atom stereocenters. The van der Waals surface area contributed by atoms with Crippen molar-refractivity contribution in [1.82, 2.24) is 9.21 Å². The number of hydrogen-bond donors (Lipinski definition) is 1. The highest BCUT2D eigenvalue weighted by Crippen LogP contribution is 2.21. The fourth-order valence-electron chi connectivity index (χ4n) is 1.86. The average molecular weight is 289 g/mol. The molecule has 0 unspecified atom stereocenters. The maximum absolute atomic E-state index is 12.1. The summed E-state index contributed by atoms with van der Waals surface area (Å²) in [7, 11) is -3.16. The van der Waals surface area contributed by atoms with E-state index in [2.05, 4.69) is 0 Å². The van der Waals surface area contributed by atoms with Gasteiger partial charge in [0.15, 0.2) is 0 Å². The third-order valence-corrected chi connectivity index (χ3v) is 5.11. The molecule has 0 radical (unpaired) electrons. The van der Waals surface area contributed by atoms with Crippen molar-refractivity contribution in [3.63, 3.8) is 0 Å². The second-order valence-corrected chi connectivity index (χ2v) is 7.06. The molecule has 0 saturated carbocycles. The Bertz CT molecular complexity index is 544. The van der Waals surface area contributed by atoms with Gasteiger partial charge in [-0.1, -0.05) is 0 Å². The van der Waals surface area contributed by atoms with Crippen molar-refractivity contribution >= 4 is 33.0 Å². The average Bonchev–Trinajstić information content (AvgIpc) is 2.73. The molecule has 1 aromatic rings. The molecule has 2 rings (SSSR count). The lowest BCUT2D eigenvalue weighted by atomic mass is 10.3. The predicted octanol–water partition coefficient (Wildman–Crippen LogP) is 0.0477. The van der Waals surface area contributed by atoms with Crippen LogP contribution in [0.5, 0.6) is 0 Å². The zero-order chi connectivity index (χ0) is 13.3. The van der Waals surface area contributed by atoms with Gasteiger partial charge in [-0.05, 0) is 11.4 Å². The van der Waals surface area contributed by atoms with Crippen molar-refractivity contribution in [1.29, 1.82) is 0 Å². The van der Waals surface area contributed by atoms with E-state index in [9.17, 15) is 13.2 Å². The predicted molar refractivity (Wildman–Crippen MR) is 71.1 cm³/mol. The minimum Gasteiger partial charge on any atom is -0.397 e. The minimum absolute atomic E-state index is 0.115. The van der Waals surface area contributed by atoms with Gasteiger partial charge in [-0.25, -0.2) is 8.42 Å². The number of rotatable bonds is 2. The van der Waals surface area contributed by atoms with E-state index in [1.165, 1.54) is 21.9 Å². The lowest BCUT2D eigenvalue weighted by Gasteiger charge is -2.33. The summed E-state index contributed by atoms with van der Waals surface area (Å²) >= 11 is 1.31. The van der Waals surface area contributed by atoms with E-state index in [0.29, 0.717) is 36.7 Å². The maximum Gasteiger partial charge on any atom is 0.266 e. The number of piperazine rings is 1. The summed E-state index contributed by atoms with van der Waals surface area (Å²) in [6.45, 7) is 1.50. The first kappa shape index (κ1) is 13.3. The highest BCUT2D eigenvalue weighted by atomic mass is 32.2. The molecule has 1 fully saturated rings. The second kappa shape index (κ2) is 4.87. The smallest absolute Gasteiger partial charge is 0.266 e. The topological polar surface area (TPSA) is 83.7 Å². The van der Waals surface area contributed by atoms with Gasteiger partial charge in [0.05, 0.1) is 11.9 Å². The number of carbonyl (C=O) groups excluding carboxylic acids is 1. The van der Waals surface area contributed by atoms with E-state index in [1.807, 2.05) is 0 Å². The van der Waals surface area contributed by atoms with Crippen LogP contribution in [0.15, 0.2) is 11.4 Å². The van der Waals surface area contributed by atoms with Gasteiger partial charge in [0.1, 0.15) is 4.88 Å². The number of thiophene rings is 1. The summed E-state index contributed by atoms with van der Waals surface area (Å²) in [4.78, 5) is 14.3. The lowest BCUT2D eigenvalue weighted by Crippen LogP contribution is -2.50. The fraction of sp³-hybridized carbons (Fsp3) is 0.500. The molecule has 2 heterocycles. The molecule has 0 aromatic carbocycles. The van der Waals surface area contributed by atoms with Gasteiger partial charge in [-0.3, -0.25) is 4.79 Å². The monoisotopic (exact) mass is 289 g/mol. The summed E-state index contributed by atoms with van der Waals surface area (Å²) in [5.41, 5.74) is 6.18. The van der Waals surface area contributed by atoms with E-state index in [4.69, 9.17) is 5.73 Å². The van der Waals surface area contributed by atoms with Gasteiger partial charge < -0.3 is 10.6 Å². The van der Waals surface area contributed by atoms with Gasteiger partial charge in [-0.15, -0.1) is 11.3 Å². The third-order valence-electron chi connectivity index (χ3n) is 2.88. The van der Waals surface area contributed by atoms with E-state index in [0.717, 1.165) is 0 Å². The maximum atomic E-state index is 12.1. The van der Waals surface area contributed by atoms with E-state index >= 15 is 0 Å². The Morgan fingerprint density at radius 2 is 1.94 bits per heavy atom. The number of hydrogen-bond acceptors (Lipinski definition) is 5. The highest BCUT2D eigenvalue weighted by molar-refractivity contribution is 7.88. The quantitative estimate of drug-likeness (QED) is 0.833. The highest BCUT2D eigenvalue weighted by Gasteiger charge is 2.27. The van der Waals surface area contributed by atoms with Crippen LogP contribution in [0.25, 0.3) is 0 Å². The van der Waals surface area contributed by atoms with E-state index < -0.39 is 10.0 Å². The first-order chi connectivity index (χ1) is 8.39. The van der Waals surface area contributed by atoms with Crippen molar-refractivity contribution in [3.05, 3.63) is 16.3 Å². The molecular weight excluding hydrogens is 274 g/mol.